The van der Waals surface area contributed by atoms with E-state index >= 15 is 0 Å². The number of aryl methyl sites for hydroxylation is 3. The summed E-state index contributed by atoms with van der Waals surface area (Å²) >= 11 is 13.3. The highest BCUT2D eigenvalue weighted by molar-refractivity contribution is 7.17. The Kier molecular flexibility index (Phi) is 6.50. The van der Waals surface area contributed by atoms with Crippen LogP contribution in [0, 0.1) is 20.8 Å². The quantitative estimate of drug-likeness (QED) is 0.150. The average Bonchev–Trinajstić information content (AvgIpc) is 3.52. The number of anilines is 1. The fraction of sp³-hybridized carbons (Fsp3) is 0.192. The van der Waals surface area contributed by atoms with Gasteiger partial charge in [0, 0.05) is 6.20 Å². The molecule has 38 heavy (non-hydrogen) atoms. The first-order valence-corrected chi connectivity index (χ1v) is 12.9. The molecular formula is C26H20Cl2N4O5S. The van der Waals surface area contributed by atoms with E-state index in [1.807, 2.05) is 19.1 Å². The Morgan fingerprint density at radius 2 is 1.84 bits per heavy atom. The molecular weight excluding hydrogens is 551 g/mol. The molecule has 0 aliphatic carbocycles. The summed E-state index contributed by atoms with van der Waals surface area (Å²) in [5.74, 6) is -2.92. The number of halogens is 2. The highest BCUT2D eigenvalue weighted by atomic mass is 35.5. The Labute approximate surface area is 230 Å². The molecule has 4 heterocycles. The van der Waals surface area contributed by atoms with Crippen molar-refractivity contribution < 1.29 is 24.2 Å². The van der Waals surface area contributed by atoms with Crippen LogP contribution in [0.15, 0.2) is 42.1 Å². The number of aliphatic hydroxyl groups excluding tert-OH is 1. The monoisotopic (exact) mass is 570 g/mol. The van der Waals surface area contributed by atoms with E-state index in [-0.39, 0.29) is 31.3 Å². The first-order valence-electron chi connectivity index (χ1n) is 11.3. The normalized spacial score (nSPS) is 17.0. The summed E-state index contributed by atoms with van der Waals surface area (Å²) in [7, 11) is 1.24. The maximum absolute atomic E-state index is 13.5. The van der Waals surface area contributed by atoms with Crippen LogP contribution in [0.3, 0.4) is 0 Å². The number of Topliss-reactive ketones (excluding diaryl/α,β-unsaturated/α-hetero) is 1. The number of carbonyl (C=O) groups is 3. The predicted octanol–water partition coefficient (Wildman–Crippen LogP) is 5.44. The Morgan fingerprint density at radius 3 is 2.50 bits per heavy atom. The van der Waals surface area contributed by atoms with Gasteiger partial charge in [0.1, 0.15) is 16.2 Å². The average molecular weight is 571 g/mol. The first kappa shape index (κ1) is 25.9. The number of aromatic nitrogens is 3. The van der Waals surface area contributed by atoms with Crippen LogP contribution in [0.4, 0.5) is 5.13 Å². The van der Waals surface area contributed by atoms with Crippen LogP contribution < -0.4 is 4.90 Å². The van der Waals surface area contributed by atoms with E-state index in [1.54, 1.807) is 30.5 Å². The van der Waals surface area contributed by atoms with Crippen molar-refractivity contribution in [3.63, 3.8) is 0 Å². The number of esters is 1. The Balaban J connectivity index is 1.77. The van der Waals surface area contributed by atoms with Gasteiger partial charge in [-0.15, -0.1) is 0 Å². The number of carbonyl (C=O) groups excluding carboxylic acids is 3. The lowest BCUT2D eigenvalue weighted by Gasteiger charge is -2.23. The van der Waals surface area contributed by atoms with Gasteiger partial charge in [-0.1, -0.05) is 46.7 Å². The molecule has 0 saturated carbocycles. The molecule has 0 radical (unpaired) electrons. The third-order valence-electron chi connectivity index (χ3n) is 6.37. The molecule has 1 saturated heterocycles. The minimum Gasteiger partial charge on any atom is -0.505 e. The summed E-state index contributed by atoms with van der Waals surface area (Å²) in [4.78, 5) is 49.5. The van der Waals surface area contributed by atoms with Crippen molar-refractivity contribution in [1.82, 2.24) is 14.4 Å². The zero-order chi connectivity index (χ0) is 27.5. The topological polar surface area (TPSA) is 114 Å². The molecule has 1 amide bonds. The maximum atomic E-state index is 13.5. The van der Waals surface area contributed by atoms with Crippen molar-refractivity contribution in [2.24, 2.45) is 0 Å². The van der Waals surface area contributed by atoms with Gasteiger partial charge >= 0.3 is 11.9 Å². The zero-order valence-corrected chi connectivity index (χ0v) is 22.9. The van der Waals surface area contributed by atoms with Gasteiger partial charge in [-0.2, -0.15) is 0 Å². The zero-order valence-electron chi connectivity index (χ0n) is 20.6. The van der Waals surface area contributed by atoms with Crippen LogP contribution in [-0.2, 0) is 14.3 Å². The van der Waals surface area contributed by atoms with Gasteiger partial charge in [0.15, 0.2) is 10.9 Å². The summed E-state index contributed by atoms with van der Waals surface area (Å²) in [6.07, 6.45) is 1.79. The lowest BCUT2D eigenvalue weighted by Crippen LogP contribution is -2.29. The fourth-order valence-corrected chi connectivity index (χ4v) is 5.79. The number of hydrogen-bond acceptors (Lipinski definition) is 8. The predicted molar refractivity (Wildman–Crippen MR) is 144 cm³/mol. The van der Waals surface area contributed by atoms with E-state index < -0.39 is 29.5 Å². The number of hydrogen-bond donors (Lipinski definition) is 1. The van der Waals surface area contributed by atoms with Crippen molar-refractivity contribution in [2.45, 2.75) is 26.8 Å². The Hall–Kier alpha value is -3.73. The second kappa shape index (κ2) is 9.54. The highest BCUT2D eigenvalue weighted by Crippen LogP contribution is 2.45. The van der Waals surface area contributed by atoms with Gasteiger partial charge in [0.05, 0.1) is 40.2 Å². The van der Waals surface area contributed by atoms with Crippen LogP contribution in [0.1, 0.15) is 43.9 Å². The number of nitrogens with zero attached hydrogens (tertiary/aromatic N) is 4. The number of fused-ring (bicyclic) bond motifs is 1. The summed E-state index contributed by atoms with van der Waals surface area (Å²) in [5, 5.41) is 12.1. The largest absolute Gasteiger partial charge is 0.505 e. The maximum Gasteiger partial charge on any atom is 0.350 e. The molecule has 0 bridgehead atoms. The molecule has 194 valence electrons. The van der Waals surface area contributed by atoms with Crippen molar-refractivity contribution in [2.75, 3.05) is 12.0 Å². The van der Waals surface area contributed by atoms with Gasteiger partial charge in [-0.25, -0.2) is 14.8 Å². The van der Waals surface area contributed by atoms with E-state index in [9.17, 15) is 19.5 Å². The molecule has 1 fully saturated rings. The van der Waals surface area contributed by atoms with Gasteiger partial charge < -0.3 is 14.2 Å². The molecule has 0 spiro atoms. The molecule has 1 aliphatic heterocycles. The van der Waals surface area contributed by atoms with Gasteiger partial charge in [0.25, 0.3) is 5.78 Å². The molecule has 1 N–H and O–H groups in total. The van der Waals surface area contributed by atoms with Crippen LogP contribution in [0.25, 0.3) is 11.4 Å². The Bertz CT molecular complexity index is 1710. The summed E-state index contributed by atoms with van der Waals surface area (Å²) in [5.41, 5.74) is 2.76. The highest BCUT2D eigenvalue weighted by Gasteiger charge is 2.49. The summed E-state index contributed by atoms with van der Waals surface area (Å²) in [6, 6.07) is 7.26. The SMILES string of the molecule is COC(=O)c1sc(N2C(=O)C(=O)C(=C(O)c3nc4c(C)cccn4c3C)C2c2ccc(Cl)c(Cl)c2)nc1C. The number of imidazole rings is 1. The van der Waals surface area contributed by atoms with E-state index in [4.69, 9.17) is 27.9 Å². The minimum absolute atomic E-state index is 0.0858. The molecule has 3 aromatic heterocycles. The second-order valence-electron chi connectivity index (χ2n) is 8.68. The van der Waals surface area contributed by atoms with Crippen LogP contribution in [-0.4, -0.2) is 44.2 Å². The number of methoxy groups -OCH3 is 1. The van der Waals surface area contributed by atoms with Crippen LogP contribution in [0.2, 0.25) is 10.0 Å². The number of thiazole rings is 1. The second-order valence-corrected chi connectivity index (χ2v) is 10.5. The number of ketones is 1. The standard InChI is InChI=1S/C26H20Cl2N4O5S/c1-11-6-5-9-31-13(3)18(30-23(11)31)20(33)17-19(14-7-8-15(27)16(28)10-14)32(24(35)21(17)34)26-29-12(2)22(38-26)25(36)37-4/h5-10,19,33H,1-4H3. The van der Waals surface area contributed by atoms with Gasteiger partial charge in [-0.05, 0) is 50.1 Å². The van der Waals surface area contributed by atoms with Crippen molar-refractivity contribution in [1.29, 1.82) is 0 Å². The molecule has 1 atom stereocenters. The van der Waals surface area contributed by atoms with Crippen LogP contribution in [0.5, 0.6) is 0 Å². The first-order chi connectivity index (χ1) is 18.0. The lowest BCUT2D eigenvalue weighted by atomic mass is 9.96. The molecule has 1 aromatic carbocycles. The van der Waals surface area contributed by atoms with Crippen LogP contribution >= 0.6 is 34.5 Å². The number of benzene rings is 1. The fourth-order valence-electron chi connectivity index (χ4n) is 4.47. The number of pyridine rings is 1. The van der Waals surface area contributed by atoms with Crippen molar-refractivity contribution >= 4 is 68.7 Å². The molecule has 1 unspecified atom stereocenters. The van der Waals surface area contributed by atoms with E-state index in [1.165, 1.54) is 19.2 Å². The molecule has 12 heteroatoms. The molecule has 9 nitrogen and oxygen atoms in total. The third kappa shape index (κ3) is 3.96. The molecule has 5 rings (SSSR count). The van der Waals surface area contributed by atoms with E-state index in [2.05, 4.69) is 9.97 Å². The number of aliphatic hydroxyl groups is 1. The van der Waals surface area contributed by atoms with Crippen molar-refractivity contribution in [3.8, 4) is 0 Å². The van der Waals surface area contributed by atoms with Gasteiger partial charge in [-0.3, -0.25) is 14.5 Å². The third-order valence-corrected chi connectivity index (χ3v) is 8.25. The number of rotatable bonds is 4. The van der Waals surface area contributed by atoms with E-state index in [0.29, 0.717) is 22.6 Å². The number of amides is 1. The summed E-state index contributed by atoms with van der Waals surface area (Å²) < 4.78 is 6.61. The lowest BCUT2D eigenvalue weighted by molar-refractivity contribution is -0.132. The number of ether oxygens (including phenoxy) is 1. The summed E-state index contributed by atoms with van der Waals surface area (Å²) in [6.45, 7) is 5.23. The molecule has 4 aromatic rings. The molecule has 1 aliphatic rings. The van der Waals surface area contributed by atoms with Crippen molar-refractivity contribution in [3.05, 3.63) is 85.2 Å². The smallest absolute Gasteiger partial charge is 0.350 e. The van der Waals surface area contributed by atoms with Gasteiger partial charge in [0.2, 0.25) is 0 Å². The van der Waals surface area contributed by atoms with E-state index in [0.717, 1.165) is 21.8 Å². The minimum atomic E-state index is -1.12. The Morgan fingerprint density at radius 1 is 1.11 bits per heavy atom.